The van der Waals surface area contributed by atoms with Gasteiger partial charge in [-0.15, -0.1) is 0 Å². The maximum atomic E-state index is 11.6. The number of amides is 3. The maximum absolute atomic E-state index is 11.6. The molecule has 0 radical (unpaired) electrons. The van der Waals surface area contributed by atoms with Gasteiger partial charge in [0, 0.05) is 10.7 Å². The van der Waals surface area contributed by atoms with Crippen LogP contribution in [-0.2, 0) is 4.79 Å². The number of urea groups is 1. The van der Waals surface area contributed by atoms with Gasteiger partial charge in [-0.2, -0.15) is 0 Å². The molecule has 1 aromatic rings. The van der Waals surface area contributed by atoms with Crippen molar-refractivity contribution < 1.29 is 9.59 Å². The average molecular weight is 297 g/mol. The van der Waals surface area contributed by atoms with Gasteiger partial charge >= 0.3 is 6.03 Å². The normalized spacial score (nSPS) is 21.1. The number of nitrogens with one attached hydrogen (secondary N) is 2. The van der Waals surface area contributed by atoms with Crippen molar-refractivity contribution in [1.29, 1.82) is 0 Å². The first kappa shape index (κ1) is 10.5. The molecule has 3 rings (SSSR count). The molecule has 7 heteroatoms. The van der Waals surface area contributed by atoms with Crippen LogP contribution in [0, 0.1) is 0 Å². The molecule has 1 aromatic heterocycles. The smallest absolute Gasteiger partial charge is 0.322 e. The first-order valence-electron chi connectivity index (χ1n) is 5.09. The number of imide groups is 1. The zero-order valence-electron chi connectivity index (χ0n) is 8.74. The molecule has 2 aliphatic rings. The highest BCUT2D eigenvalue weighted by molar-refractivity contribution is 9.10. The minimum absolute atomic E-state index is 0.256. The third-order valence-corrected chi connectivity index (χ3v) is 3.46. The highest BCUT2D eigenvalue weighted by Crippen LogP contribution is 2.29. The fourth-order valence-corrected chi connectivity index (χ4v) is 2.41. The maximum Gasteiger partial charge on any atom is 0.322 e. The number of hydrogen-bond donors (Lipinski definition) is 2. The van der Waals surface area contributed by atoms with Gasteiger partial charge < -0.3 is 10.2 Å². The Hall–Kier alpha value is -1.63. The lowest BCUT2D eigenvalue weighted by Gasteiger charge is -2.45. The topological polar surface area (TPSA) is 74.3 Å². The molecule has 2 saturated heterocycles. The van der Waals surface area contributed by atoms with Gasteiger partial charge in [-0.05, 0) is 12.1 Å². The van der Waals surface area contributed by atoms with Crippen LogP contribution in [0.3, 0.4) is 0 Å². The van der Waals surface area contributed by atoms with E-state index in [1.807, 2.05) is 17.0 Å². The molecular weight excluding hydrogens is 288 g/mol. The van der Waals surface area contributed by atoms with E-state index in [1.165, 1.54) is 0 Å². The molecule has 3 heterocycles. The van der Waals surface area contributed by atoms with E-state index in [-0.39, 0.29) is 5.91 Å². The zero-order valence-corrected chi connectivity index (χ0v) is 10.3. The summed E-state index contributed by atoms with van der Waals surface area (Å²) in [4.78, 5) is 28.8. The van der Waals surface area contributed by atoms with E-state index in [0.29, 0.717) is 13.1 Å². The fraction of sp³-hybridized carbons (Fsp3) is 0.300. The number of anilines is 1. The number of carbonyl (C=O) groups is 2. The summed E-state index contributed by atoms with van der Waals surface area (Å²) in [5.74, 6) is 0.535. The Morgan fingerprint density at radius 3 is 2.76 bits per heavy atom. The van der Waals surface area contributed by atoms with Gasteiger partial charge in [-0.25, -0.2) is 9.78 Å². The molecule has 3 amide bonds. The number of hydrogen-bond acceptors (Lipinski definition) is 4. The minimum atomic E-state index is -0.763. The molecule has 6 nitrogen and oxygen atoms in total. The summed E-state index contributed by atoms with van der Waals surface area (Å²) in [6.45, 7) is 0.905. The van der Waals surface area contributed by atoms with Crippen molar-refractivity contribution in [2.75, 3.05) is 18.0 Å². The summed E-state index contributed by atoms with van der Waals surface area (Å²) in [5.41, 5.74) is -0.763. The van der Waals surface area contributed by atoms with Gasteiger partial charge in [-0.1, -0.05) is 15.9 Å². The second-order valence-corrected chi connectivity index (χ2v) is 5.09. The molecule has 2 aliphatic heterocycles. The van der Waals surface area contributed by atoms with E-state index in [4.69, 9.17) is 0 Å². The summed E-state index contributed by atoms with van der Waals surface area (Å²) in [6, 6.07) is 3.29. The van der Waals surface area contributed by atoms with Crippen molar-refractivity contribution in [2.45, 2.75) is 5.54 Å². The molecule has 0 atom stereocenters. The van der Waals surface area contributed by atoms with E-state index in [9.17, 15) is 9.59 Å². The predicted molar refractivity (Wildman–Crippen MR) is 63.6 cm³/mol. The van der Waals surface area contributed by atoms with Gasteiger partial charge in [-0.3, -0.25) is 10.1 Å². The first-order chi connectivity index (χ1) is 8.09. The molecule has 0 aromatic carbocycles. The molecule has 2 N–H and O–H groups in total. The molecule has 0 aliphatic carbocycles. The van der Waals surface area contributed by atoms with Crippen molar-refractivity contribution in [2.24, 2.45) is 0 Å². The summed E-state index contributed by atoms with van der Waals surface area (Å²) in [7, 11) is 0. The van der Waals surface area contributed by atoms with Crippen LogP contribution in [0.2, 0.25) is 0 Å². The van der Waals surface area contributed by atoms with Crippen molar-refractivity contribution in [1.82, 2.24) is 15.6 Å². The van der Waals surface area contributed by atoms with Crippen LogP contribution >= 0.6 is 15.9 Å². The highest BCUT2D eigenvalue weighted by Gasteiger charge is 2.55. The van der Waals surface area contributed by atoms with Crippen molar-refractivity contribution in [3.8, 4) is 0 Å². The van der Waals surface area contributed by atoms with Crippen LogP contribution < -0.4 is 15.5 Å². The Morgan fingerprint density at radius 1 is 1.41 bits per heavy atom. The number of pyridine rings is 1. The molecule has 17 heavy (non-hydrogen) atoms. The van der Waals surface area contributed by atoms with Crippen molar-refractivity contribution in [3.63, 3.8) is 0 Å². The van der Waals surface area contributed by atoms with Crippen LogP contribution in [0.15, 0.2) is 22.8 Å². The minimum Gasteiger partial charge on any atom is -0.351 e. The summed E-state index contributed by atoms with van der Waals surface area (Å²) < 4.78 is 0.934. The average Bonchev–Trinajstić information content (AvgIpc) is 2.51. The van der Waals surface area contributed by atoms with E-state index in [1.54, 1.807) is 6.20 Å². The van der Waals surface area contributed by atoms with Gasteiger partial charge in [0.15, 0.2) is 5.54 Å². The molecular formula is C10H9BrN4O2. The third kappa shape index (κ3) is 1.57. The number of aromatic nitrogens is 1. The Morgan fingerprint density at radius 2 is 2.18 bits per heavy atom. The monoisotopic (exact) mass is 296 g/mol. The molecule has 0 saturated carbocycles. The Bertz CT molecular complexity index is 513. The Kier molecular flexibility index (Phi) is 2.12. The number of rotatable bonds is 1. The predicted octanol–water partition coefficient (Wildman–Crippen LogP) is 0.242. The van der Waals surface area contributed by atoms with E-state index >= 15 is 0 Å². The largest absolute Gasteiger partial charge is 0.351 e. The quantitative estimate of drug-likeness (QED) is 0.728. The molecule has 1 spiro atoms. The van der Waals surface area contributed by atoms with E-state index in [0.717, 1.165) is 10.3 Å². The SMILES string of the molecule is O=C1NC(=O)C2(CN(c3cc(Br)ccn3)C2)N1. The van der Waals surface area contributed by atoms with E-state index in [2.05, 4.69) is 31.5 Å². The Labute approximate surface area is 106 Å². The van der Waals surface area contributed by atoms with Crippen LogP contribution in [0.1, 0.15) is 0 Å². The molecule has 2 fully saturated rings. The van der Waals surface area contributed by atoms with Crippen LogP contribution in [0.25, 0.3) is 0 Å². The number of nitrogens with zero attached hydrogens (tertiary/aromatic N) is 2. The van der Waals surface area contributed by atoms with Crippen LogP contribution in [0.4, 0.5) is 10.6 Å². The summed E-state index contributed by atoms with van der Waals surface area (Å²) in [5, 5.41) is 4.90. The highest BCUT2D eigenvalue weighted by atomic mass is 79.9. The summed E-state index contributed by atoms with van der Waals surface area (Å²) in [6.07, 6.45) is 1.69. The second kappa shape index (κ2) is 3.43. The van der Waals surface area contributed by atoms with Gasteiger partial charge in [0.2, 0.25) is 0 Å². The first-order valence-corrected chi connectivity index (χ1v) is 5.88. The lowest BCUT2D eigenvalue weighted by Crippen LogP contribution is -2.71. The van der Waals surface area contributed by atoms with Gasteiger partial charge in [0.25, 0.3) is 5.91 Å². The number of halogens is 1. The van der Waals surface area contributed by atoms with Crippen molar-refractivity contribution in [3.05, 3.63) is 22.8 Å². The van der Waals surface area contributed by atoms with Crippen LogP contribution in [0.5, 0.6) is 0 Å². The number of carbonyl (C=O) groups excluding carboxylic acids is 2. The molecule has 0 unspecified atom stereocenters. The van der Waals surface area contributed by atoms with Crippen molar-refractivity contribution >= 4 is 33.7 Å². The third-order valence-electron chi connectivity index (χ3n) is 2.97. The standard InChI is InChI=1S/C10H9BrN4O2/c11-6-1-2-12-7(3-6)15-4-10(5-15)8(16)13-9(17)14-10/h1-3H,4-5H2,(H2,13,14,16,17). The lowest BCUT2D eigenvalue weighted by molar-refractivity contribution is -0.124. The van der Waals surface area contributed by atoms with Crippen LogP contribution in [-0.4, -0.2) is 35.6 Å². The zero-order chi connectivity index (χ0) is 12.0. The van der Waals surface area contributed by atoms with E-state index < -0.39 is 11.6 Å². The fourth-order valence-electron chi connectivity index (χ4n) is 2.08. The van der Waals surface area contributed by atoms with Gasteiger partial charge in [0.05, 0.1) is 13.1 Å². The molecule has 88 valence electrons. The second-order valence-electron chi connectivity index (χ2n) is 4.18. The summed E-state index contributed by atoms with van der Waals surface area (Å²) >= 11 is 3.36. The lowest BCUT2D eigenvalue weighted by atomic mass is 9.90. The van der Waals surface area contributed by atoms with Gasteiger partial charge in [0.1, 0.15) is 5.82 Å². The molecule has 0 bridgehead atoms. The Balaban J connectivity index is 1.77.